The lowest BCUT2D eigenvalue weighted by Crippen LogP contribution is -2.20. The number of H-pyrrole nitrogens is 1. The van der Waals surface area contributed by atoms with Crippen molar-refractivity contribution in [1.29, 1.82) is 0 Å². The number of aromatic nitrogens is 3. The predicted octanol–water partition coefficient (Wildman–Crippen LogP) is 1.17. The molecule has 20 heavy (non-hydrogen) atoms. The summed E-state index contributed by atoms with van der Waals surface area (Å²) in [5, 5.41) is 10.4. The second-order valence-electron chi connectivity index (χ2n) is 4.26. The molecule has 1 atom stereocenters. The summed E-state index contributed by atoms with van der Waals surface area (Å²) in [6, 6.07) is 8.01. The molecule has 6 nitrogen and oxygen atoms in total. The third-order valence-electron chi connectivity index (χ3n) is 3.08. The zero-order chi connectivity index (χ0) is 14.5. The third kappa shape index (κ3) is 3.05. The topological polar surface area (TPSA) is 71.9 Å². The molecule has 0 fully saturated rings. The Kier molecular flexibility index (Phi) is 4.86. The van der Waals surface area contributed by atoms with E-state index >= 15 is 0 Å². The standard InChI is InChI=1S/C13H18N4O2S/c1-14-10(9-6-4-5-7-11(9)19-3)8-20-13-16-15-12(18)17(13)2/h4-7,10,14H,8H2,1-3H3,(H,15,18). The van der Waals surface area contributed by atoms with Gasteiger partial charge in [0.05, 0.1) is 7.11 Å². The van der Waals surface area contributed by atoms with E-state index in [2.05, 4.69) is 15.5 Å². The van der Waals surface area contributed by atoms with Gasteiger partial charge in [0, 0.05) is 24.4 Å². The van der Waals surface area contributed by atoms with Crippen LogP contribution in [0.4, 0.5) is 0 Å². The molecule has 1 unspecified atom stereocenters. The van der Waals surface area contributed by atoms with E-state index in [4.69, 9.17) is 4.74 Å². The Balaban J connectivity index is 2.13. The molecule has 108 valence electrons. The highest BCUT2D eigenvalue weighted by Crippen LogP contribution is 2.28. The van der Waals surface area contributed by atoms with E-state index in [1.807, 2.05) is 31.3 Å². The molecule has 0 radical (unpaired) electrons. The Morgan fingerprint density at radius 3 is 2.85 bits per heavy atom. The molecule has 2 aromatic rings. The smallest absolute Gasteiger partial charge is 0.343 e. The van der Waals surface area contributed by atoms with Gasteiger partial charge in [-0.15, -0.1) is 5.10 Å². The first-order valence-electron chi connectivity index (χ1n) is 6.21. The molecule has 7 heteroatoms. The van der Waals surface area contributed by atoms with Gasteiger partial charge in [0.25, 0.3) is 0 Å². The van der Waals surface area contributed by atoms with Crippen LogP contribution in [0.25, 0.3) is 0 Å². The first-order chi connectivity index (χ1) is 9.67. The number of thioether (sulfide) groups is 1. The average Bonchev–Trinajstić information content (AvgIpc) is 2.80. The highest BCUT2D eigenvalue weighted by Gasteiger charge is 2.16. The van der Waals surface area contributed by atoms with Crippen molar-refractivity contribution in [3.63, 3.8) is 0 Å². The van der Waals surface area contributed by atoms with Crippen LogP contribution < -0.4 is 15.7 Å². The zero-order valence-electron chi connectivity index (χ0n) is 11.7. The number of benzene rings is 1. The largest absolute Gasteiger partial charge is 0.496 e. The maximum atomic E-state index is 11.3. The second-order valence-corrected chi connectivity index (χ2v) is 5.25. The first-order valence-corrected chi connectivity index (χ1v) is 7.20. The number of methoxy groups -OCH3 is 1. The number of hydrogen-bond acceptors (Lipinski definition) is 5. The Morgan fingerprint density at radius 2 is 2.25 bits per heavy atom. The highest BCUT2D eigenvalue weighted by atomic mass is 32.2. The summed E-state index contributed by atoms with van der Waals surface area (Å²) in [7, 11) is 5.27. The van der Waals surface area contributed by atoms with Crippen molar-refractivity contribution >= 4 is 11.8 Å². The van der Waals surface area contributed by atoms with Gasteiger partial charge in [-0.1, -0.05) is 30.0 Å². The molecule has 2 rings (SSSR count). The summed E-state index contributed by atoms with van der Waals surface area (Å²) < 4.78 is 6.88. The third-order valence-corrected chi connectivity index (χ3v) is 4.20. The van der Waals surface area contributed by atoms with Crippen LogP contribution in [-0.4, -0.2) is 34.7 Å². The van der Waals surface area contributed by atoms with Crippen molar-refractivity contribution in [1.82, 2.24) is 20.1 Å². The minimum atomic E-state index is -0.203. The van der Waals surface area contributed by atoms with Gasteiger partial charge in [-0.2, -0.15) is 0 Å². The van der Waals surface area contributed by atoms with Crippen molar-refractivity contribution in [2.45, 2.75) is 11.2 Å². The van der Waals surface area contributed by atoms with E-state index in [1.54, 1.807) is 14.2 Å². The number of nitrogens with zero attached hydrogens (tertiary/aromatic N) is 2. The Morgan fingerprint density at radius 1 is 1.50 bits per heavy atom. The van der Waals surface area contributed by atoms with Gasteiger partial charge in [-0.3, -0.25) is 4.57 Å². The Hall–Kier alpha value is -1.73. The fourth-order valence-electron chi connectivity index (χ4n) is 1.90. The maximum Gasteiger partial charge on any atom is 0.343 e. The normalized spacial score (nSPS) is 12.3. The maximum absolute atomic E-state index is 11.3. The molecule has 0 saturated heterocycles. The first kappa shape index (κ1) is 14.7. The average molecular weight is 294 g/mol. The molecule has 1 heterocycles. The van der Waals surface area contributed by atoms with Crippen LogP contribution in [0.15, 0.2) is 34.2 Å². The summed E-state index contributed by atoms with van der Waals surface area (Å²) in [5.74, 6) is 1.60. The lowest BCUT2D eigenvalue weighted by molar-refractivity contribution is 0.404. The molecule has 0 aliphatic heterocycles. The zero-order valence-corrected chi connectivity index (χ0v) is 12.5. The van der Waals surface area contributed by atoms with E-state index in [9.17, 15) is 4.79 Å². The minimum absolute atomic E-state index is 0.114. The number of ether oxygens (including phenoxy) is 1. The van der Waals surface area contributed by atoms with Crippen molar-refractivity contribution < 1.29 is 4.74 Å². The molecule has 2 N–H and O–H groups in total. The van der Waals surface area contributed by atoms with Crippen molar-refractivity contribution in [3.05, 3.63) is 40.3 Å². The Bertz CT molecular complexity index is 623. The van der Waals surface area contributed by atoms with Crippen LogP contribution in [0.2, 0.25) is 0 Å². The second kappa shape index (κ2) is 6.62. The lowest BCUT2D eigenvalue weighted by Gasteiger charge is -2.18. The van der Waals surface area contributed by atoms with Gasteiger partial charge in [0.1, 0.15) is 5.75 Å². The lowest BCUT2D eigenvalue weighted by atomic mass is 10.1. The van der Waals surface area contributed by atoms with E-state index in [0.29, 0.717) is 5.16 Å². The van der Waals surface area contributed by atoms with Crippen molar-refractivity contribution in [2.24, 2.45) is 7.05 Å². The van der Waals surface area contributed by atoms with E-state index in [0.717, 1.165) is 17.1 Å². The summed E-state index contributed by atoms with van der Waals surface area (Å²) in [4.78, 5) is 11.3. The molecule has 1 aromatic carbocycles. The van der Waals surface area contributed by atoms with Crippen LogP contribution in [0.3, 0.4) is 0 Å². The van der Waals surface area contributed by atoms with Crippen molar-refractivity contribution in [3.8, 4) is 5.75 Å². The summed E-state index contributed by atoms with van der Waals surface area (Å²) in [6.45, 7) is 0. The molecule has 0 aliphatic carbocycles. The van der Waals surface area contributed by atoms with E-state index < -0.39 is 0 Å². The minimum Gasteiger partial charge on any atom is -0.496 e. The number of aromatic amines is 1. The van der Waals surface area contributed by atoms with E-state index in [1.165, 1.54) is 16.3 Å². The summed E-state index contributed by atoms with van der Waals surface area (Å²) in [5.41, 5.74) is 0.885. The number of nitrogens with one attached hydrogen (secondary N) is 2. The molecule has 0 aliphatic rings. The van der Waals surface area contributed by atoms with Crippen molar-refractivity contribution in [2.75, 3.05) is 19.9 Å². The molecule has 0 spiro atoms. The van der Waals surface area contributed by atoms with Gasteiger partial charge >= 0.3 is 5.69 Å². The quantitative estimate of drug-likeness (QED) is 0.783. The van der Waals surface area contributed by atoms with E-state index in [-0.39, 0.29) is 11.7 Å². The number of rotatable bonds is 6. The van der Waals surface area contributed by atoms with Crippen LogP contribution in [0.5, 0.6) is 5.75 Å². The Labute approximate surface area is 121 Å². The van der Waals surface area contributed by atoms with Gasteiger partial charge in [0.15, 0.2) is 5.16 Å². The van der Waals surface area contributed by atoms with Gasteiger partial charge < -0.3 is 10.1 Å². The number of hydrogen-bond donors (Lipinski definition) is 2. The fourth-order valence-corrected chi connectivity index (χ4v) is 2.95. The SMILES string of the molecule is CNC(CSc1n[nH]c(=O)n1C)c1ccccc1OC. The molecule has 0 saturated carbocycles. The molecule has 0 amide bonds. The summed E-state index contributed by atoms with van der Waals surface area (Å²) in [6.07, 6.45) is 0. The summed E-state index contributed by atoms with van der Waals surface area (Å²) >= 11 is 1.52. The molecular weight excluding hydrogens is 276 g/mol. The molecule has 0 bridgehead atoms. The monoisotopic (exact) mass is 294 g/mol. The van der Waals surface area contributed by atoms with Crippen LogP contribution >= 0.6 is 11.8 Å². The molecule has 1 aromatic heterocycles. The van der Waals surface area contributed by atoms with Gasteiger partial charge in [-0.25, -0.2) is 9.89 Å². The molecular formula is C13H18N4O2S. The van der Waals surface area contributed by atoms with Gasteiger partial charge in [-0.05, 0) is 13.1 Å². The van der Waals surface area contributed by atoms with Crippen LogP contribution in [0, 0.1) is 0 Å². The van der Waals surface area contributed by atoms with Gasteiger partial charge in [0.2, 0.25) is 0 Å². The number of para-hydroxylation sites is 1. The fraction of sp³-hybridized carbons (Fsp3) is 0.385. The van der Waals surface area contributed by atoms with Crippen LogP contribution in [-0.2, 0) is 7.05 Å². The van der Waals surface area contributed by atoms with Crippen LogP contribution in [0.1, 0.15) is 11.6 Å². The predicted molar refractivity (Wildman–Crippen MR) is 79.3 cm³/mol. The highest BCUT2D eigenvalue weighted by molar-refractivity contribution is 7.99.